The normalized spacial score (nSPS) is 10.6. The summed E-state index contributed by atoms with van der Waals surface area (Å²) in [5.41, 5.74) is 0.892. The predicted molar refractivity (Wildman–Crippen MR) is 52.4 cm³/mol. The first-order chi connectivity index (χ1) is 6.92. The van der Waals surface area contributed by atoms with Crippen LogP contribution >= 0.6 is 0 Å². The van der Waals surface area contributed by atoms with Gasteiger partial charge in [-0.25, -0.2) is 9.50 Å². The molecular formula is C9H12N4O. The van der Waals surface area contributed by atoms with Gasteiger partial charge in [0.25, 0.3) is 0 Å². The van der Waals surface area contributed by atoms with Crippen LogP contribution in [0.3, 0.4) is 0 Å². The van der Waals surface area contributed by atoms with Crippen molar-refractivity contribution in [3.05, 3.63) is 24.7 Å². The van der Waals surface area contributed by atoms with Crippen molar-refractivity contribution in [2.75, 3.05) is 20.2 Å². The van der Waals surface area contributed by atoms with E-state index >= 15 is 0 Å². The van der Waals surface area contributed by atoms with Crippen molar-refractivity contribution < 1.29 is 4.74 Å². The van der Waals surface area contributed by atoms with Crippen LogP contribution in [0, 0.1) is 0 Å². The second kappa shape index (κ2) is 4.06. The predicted octanol–water partition coefficient (Wildman–Crippen LogP) is 0.327. The average Bonchev–Trinajstić information content (AvgIpc) is 2.67. The highest BCUT2D eigenvalue weighted by Crippen LogP contribution is 2.14. The highest BCUT2D eigenvalue weighted by Gasteiger charge is 2.02. The number of hydrogen-bond acceptors (Lipinski definition) is 4. The Kier molecular flexibility index (Phi) is 2.60. The fourth-order valence-corrected chi connectivity index (χ4v) is 1.19. The molecule has 0 aromatic carbocycles. The summed E-state index contributed by atoms with van der Waals surface area (Å²) in [6, 6.07) is 1.88. The van der Waals surface area contributed by atoms with Gasteiger partial charge >= 0.3 is 0 Å². The maximum absolute atomic E-state index is 5.48. The highest BCUT2D eigenvalue weighted by molar-refractivity contribution is 5.54. The number of nitrogens with one attached hydrogen (secondary N) is 1. The molecule has 0 aliphatic carbocycles. The van der Waals surface area contributed by atoms with E-state index in [2.05, 4.69) is 15.4 Å². The lowest BCUT2D eigenvalue weighted by Crippen LogP contribution is -2.16. The van der Waals surface area contributed by atoms with E-state index < -0.39 is 0 Å². The number of ether oxygens (including phenoxy) is 1. The molecular weight excluding hydrogens is 180 g/mol. The van der Waals surface area contributed by atoms with E-state index in [9.17, 15) is 0 Å². The van der Waals surface area contributed by atoms with E-state index in [-0.39, 0.29) is 0 Å². The van der Waals surface area contributed by atoms with Crippen LogP contribution in [0.1, 0.15) is 0 Å². The van der Waals surface area contributed by atoms with E-state index in [4.69, 9.17) is 4.74 Å². The maximum Gasteiger partial charge on any atom is 0.240 e. The van der Waals surface area contributed by atoms with Crippen molar-refractivity contribution in [1.82, 2.24) is 19.9 Å². The van der Waals surface area contributed by atoms with Gasteiger partial charge in [-0.1, -0.05) is 0 Å². The molecule has 0 amide bonds. The Morgan fingerprint density at radius 1 is 1.50 bits per heavy atom. The molecule has 0 bridgehead atoms. The monoisotopic (exact) mass is 192 g/mol. The molecule has 2 rings (SSSR count). The lowest BCUT2D eigenvalue weighted by Gasteiger charge is -2.05. The largest absolute Gasteiger partial charge is 0.475 e. The molecule has 2 aromatic heterocycles. The third-order valence-electron chi connectivity index (χ3n) is 1.88. The Morgan fingerprint density at radius 3 is 3.29 bits per heavy atom. The summed E-state index contributed by atoms with van der Waals surface area (Å²) in [5.74, 6) is 0.625. The first-order valence-electron chi connectivity index (χ1n) is 4.47. The Balaban J connectivity index is 2.19. The molecule has 0 unspecified atom stereocenters. The van der Waals surface area contributed by atoms with Crippen LogP contribution < -0.4 is 10.1 Å². The number of nitrogens with zero attached hydrogens (tertiary/aromatic N) is 3. The summed E-state index contributed by atoms with van der Waals surface area (Å²) < 4.78 is 7.22. The number of aromatic nitrogens is 3. The molecule has 0 aliphatic heterocycles. The minimum absolute atomic E-state index is 0.606. The second-order valence-corrected chi connectivity index (χ2v) is 2.85. The third-order valence-corrected chi connectivity index (χ3v) is 1.88. The second-order valence-electron chi connectivity index (χ2n) is 2.85. The third kappa shape index (κ3) is 1.67. The molecule has 5 heteroatoms. The maximum atomic E-state index is 5.48. The molecule has 0 saturated heterocycles. The van der Waals surface area contributed by atoms with Crippen molar-refractivity contribution >= 4 is 5.52 Å². The molecule has 14 heavy (non-hydrogen) atoms. The summed E-state index contributed by atoms with van der Waals surface area (Å²) in [5, 5.41) is 7.09. The van der Waals surface area contributed by atoms with Gasteiger partial charge in [-0.15, -0.1) is 0 Å². The van der Waals surface area contributed by atoms with E-state index in [1.165, 1.54) is 0 Å². The van der Waals surface area contributed by atoms with E-state index in [0.29, 0.717) is 12.5 Å². The van der Waals surface area contributed by atoms with Gasteiger partial charge in [-0.3, -0.25) is 0 Å². The van der Waals surface area contributed by atoms with Gasteiger partial charge in [0.05, 0.1) is 6.20 Å². The van der Waals surface area contributed by atoms with E-state index in [1.54, 1.807) is 23.1 Å². The van der Waals surface area contributed by atoms with Crippen molar-refractivity contribution in [2.45, 2.75) is 0 Å². The van der Waals surface area contributed by atoms with Crippen molar-refractivity contribution in [1.29, 1.82) is 0 Å². The highest BCUT2D eigenvalue weighted by atomic mass is 16.5. The fraction of sp³-hybridized carbons (Fsp3) is 0.333. The van der Waals surface area contributed by atoms with Gasteiger partial charge in [0.1, 0.15) is 12.1 Å². The first-order valence-corrected chi connectivity index (χ1v) is 4.47. The summed E-state index contributed by atoms with van der Waals surface area (Å²) in [7, 11) is 1.89. The molecule has 0 saturated carbocycles. The Bertz CT molecular complexity index is 412. The van der Waals surface area contributed by atoms with Gasteiger partial charge < -0.3 is 10.1 Å². The molecule has 0 atom stereocenters. The van der Waals surface area contributed by atoms with Crippen LogP contribution in [0.4, 0.5) is 0 Å². The average molecular weight is 192 g/mol. The van der Waals surface area contributed by atoms with Gasteiger partial charge in [-0.05, 0) is 13.1 Å². The van der Waals surface area contributed by atoms with Crippen LogP contribution in [0.15, 0.2) is 24.7 Å². The zero-order valence-electron chi connectivity index (χ0n) is 7.97. The molecule has 0 radical (unpaired) electrons. The summed E-state index contributed by atoms with van der Waals surface area (Å²) >= 11 is 0. The zero-order chi connectivity index (χ0) is 9.80. The zero-order valence-corrected chi connectivity index (χ0v) is 7.97. The lowest BCUT2D eigenvalue weighted by molar-refractivity contribution is 0.309. The van der Waals surface area contributed by atoms with Crippen LogP contribution in [0.5, 0.6) is 5.88 Å². The van der Waals surface area contributed by atoms with Crippen molar-refractivity contribution in [3.8, 4) is 5.88 Å². The fourth-order valence-electron chi connectivity index (χ4n) is 1.19. The van der Waals surface area contributed by atoms with Crippen molar-refractivity contribution in [2.24, 2.45) is 0 Å². The molecule has 0 spiro atoms. The standard InChI is InChI=1S/C9H12N4O/c1-10-5-7-14-9-8-2-3-12-13(8)6-4-11-9/h2-4,6,10H,5,7H2,1H3. The lowest BCUT2D eigenvalue weighted by atomic mass is 10.5. The molecule has 1 N–H and O–H groups in total. The number of likely N-dealkylation sites (N-methyl/N-ethyl adjacent to an activating group) is 1. The molecule has 0 fully saturated rings. The molecule has 2 heterocycles. The van der Waals surface area contributed by atoms with E-state index in [1.807, 2.05) is 13.1 Å². The van der Waals surface area contributed by atoms with Gasteiger partial charge in [0.15, 0.2) is 0 Å². The summed E-state index contributed by atoms with van der Waals surface area (Å²) in [6.07, 6.45) is 5.19. The summed E-state index contributed by atoms with van der Waals surface area (Å²) in [6.45, 7) is 1.41. The van der Waals surface area contributed by atoms with Gasteiger partial charge in [0, 0.05) is 18.9 Å². The Hall–Kier alpha value is -1.62. The SMILES string of the molecule is CNCCOc1nccn2nccc12. The van der Waals surface area contributed by atoms with Crippen LogP contribution in [-0.2, 0) is 0 Å². The summed E-state index contributed by atoms with van der Waals surface area (Å²) in [4.78, 5) is 4.14. The van der Waals surface area contributed by atoms with Crippen LogP contribution in [-0.4, -0.2) is 34.8 Å². The Labute approximate surface area is 81.7 Å². The minimum Gasteiger partial charge on any atom is -0.475 e. The molecule has 2 aromatic rings. The van der Waals surface area contributed by atoms with Crippen LogP contribution in [0.25, 0.3) is 5.52 Å². The van der Waals surface area contributed by atoms with Gasteiger partial charge in [0.2, 0.25) is 5.88 Å². The smallest absolute Gasteiger partial charge is 0.240 e. The Morgan fingerprint density at radius 2 is 2.43 bits per heavy atom. The molecule has 74 valence electrons. The molecule has 5 nitrogen and oxygen atoms in total. The number of hydrogen-bond donors (Lipinski definition) is 1. The van der Waals surface area contributed by atoms with Crippen LogP contribution in [0.2, 0.25) is 0 Å². The van der Waals surface area contributed by atoms with Gasteiger partial charge in [-0.2, -0.15) is 5.10 Å². The first kappa shape index (κ1) is 8.96. The molecule has 0 aliphatic rings. The quantitative estimate of drug-likeness (QED) is 0.709. The van der Waals surface area contributed by atoms with Crippen molar-refractivity contribution in [3.63, 3.8) is 0 Å². The topological polar surface area (TPSA) is 51.5 Å². The number of fused-ring (bicyclic) bond motifs is 1. The van der Waals surface area contributed by atoms with E-state index in [0.717, 1.165) is 12.1 Å². The number of rotatable bonds is 4. The minimum atomic E-state index is 0.606.